The van der Waals surface area contributed by atoms with Crippen molar-refractivity contribution in [2.75, 3.05) is 11.1 Å². The Morgan fingerprint density at radius 3 is 2.57 bits per heavy atom. The van der Waals surface area contributed by atoms with Gasteiger partial charge in [-0.3, -0.25) is 24.1 Å². The van der Waals surface area contributed by atoms with Gasteiger partial charge in [-0.25, -0.2) is 4.57 Å². The lowest BCUT2D eigenvalue weighted by molar-refractivity contribution is -0.384. The number of aromatic nitrogens is 4. The SMILES string of the molecule is O=C(CSc1nnc2n(-c3ccccc3)c(=O)c3ccccc3n12)Nc1ccc(Cl)c([N+](=O)[O-])c1. The Labute approximate surface area is 206 Å². The summed E-state index contributed by atoms with van der Waals surface area (Å²) in [6.45, 7) is 0. The zero-order valence-electron chi connectivity index (χ0n) is 17.8. The van der Waals surface area contributed by atoms with Gasteiger partial charge in [0.25, 0.3) is 11.2 Å². The first-order chi connectivity index (χ1) is 16.9. The molecule has 0 unspecified atom stereocenters. The van der Waals surface area contributed by atoms with Crippen LogP contribution in [0.25, 0.3) is 22.4 Å². The average Bonchev–Trinajstić information content (AvgIpc) is 3.28. The molecular formula is C23H15ClN6O4S. The molecule has 174 valence electrons. The lowest BCUT2D eigenvalue weighted by Crippen LogP contribution is -2.21. The van der Waals surface area contributed by atoms with Crippen molar-refractivity contribution >= 4 is 57.3 Å². The van der Waals surface area contributed by atoms with Crippen LogP contribution in [0.2, 0.25) is 5.02 Å². The number of carbonyl (C=O) groups excluding carboxylic acids is 1. The fourth-order valence-corrected chi connectivity index (χ4v) is 4.57. The molecule has 2 aromatic heterocycles. The van der Waals surface area contributed by atoms with Gasteiger partial charge in [-0.15, -0.1) is 10.2 Å². The van der Waals surface area contributed by atoms with E-state index in [2.05, 4.69) is 15.5 Å². The quantitative estimate of drug-likeness (QED) is 0.206. The molecule has 0 bridgehead atoms. The Kier molecular flexibility index (Phi) is 5.93. The predicted octanol–water partition coefficient (Wildman–Crippen LogP) is 4.33. The Bertz CT molecular complexity index is 1670. The standard InChI is InChI=1S/C23H15ClN6O4S/c24-17-11-10-14(12-19(17)30(33)34)25-20(31)13-35-23-27-26-22-28(15-6-2-1-3-7-15)21(32)16-8-4-5-9-18(16)29(22)23/h1-12H,13H2,(H,25,31). The Balaban J connectivity index is 1.49. The van der Waals surface area contributed by atoms with Gasteiger partial charge in [-0.2, -0.15) is 0 Å². The highest BCUT2D eigenvalue weighted by Crippen LogP contribution is 2.28. The zero-order chi connectivity index (χ0) is 24.5. The van der Waals surface area contributed by atoms with Crippen molar-refractivity contribution in [3.63, 3.8) is 0 Å². The number of rotatable bonds is 6. The smallest absolute Gasteiger partial charge is 0.289 e. The molecule has 0 radical (unpaired) electrons. The molecule has 35 heavy (non-hydrogen) atoms. The molecule has 1 N–H and O–H groups in total. The molecule has 0 atom stereocenters. The minimum absolute atomic E-state index is 0.0198. The van der Waals surface area contributed by atoms with Crippen LogP contribution < -0.4 is 10.9 Å². The van der Waals surface area contributed by atoms with Crippen molar-refractivity contribution in [1.29, 1.82) is 0 Å². The van der Waals surface area contributed by atoms with Crippen LogP contribution in [-0.4, -0.2) is 35.7 Å². The minimum Gasteiger partial charge on any atom is -0.325 e. The molecule has 10 nitrogen and oxygen atoms in total. The summed E-state index contributed by atoms with van der Waals surface area (Å²) in [6, 6.07) is 20.2. The fraction of sp³-hybridized carbons (Fsp3) is 0.0435. The number of amides is 1. The molecule has 0 aliphatic heterocycles. The summed E-state index contributed by atoms with van der Waals surface area (Å²) < 4.78 is 3.21. The maximum atomic E-state index is 13.3. The van der Waals surface area contributed by atoms with E-state index in [1.54, 1.807) is 34.7 Å². The topological polar surface area (TPSA) is 124 Å². The van der Waals surface area contributed by atoms with Gasteiger partial charge in [-0.05, 0) is 36.4 Å². The Morgan fingerprint density at radius 2 is 1.80 bits per heavy atom. The molecule has 2 heterocycles. The number of benzene rings is 3. The summed E-state index contributed by atoms with van der Waals surface area (Å²) in [4.78, 5) is 36.3. The van der Waals surface area contributed by atoms with Gasteiger partial charge in [-0.1, -0.05) is 53.7 Å². The summed E-state index contributed by atoms with van der Waals surface area (Å²) in [5.41, 5.74) is 0.970. The second kappa shape index (κ2) is 9.20. The molecule has 0 fully saturated rings. The maximum Gasteiger partial charge on any atom is 0.289 e. The third kappa shape index (κ3) is 4.22. The van der Waals surface area contributed by atoms with Crippen LogP contribution in [0.1, 0.15) is 0 Å². The summed E-state index contributed by atoms with van der Waals surface area (Å²) in [7, 11) is 0. The number of fused-ring (bicyclic) bond motifs is 3. The van der Waals surface area contributed by atoms with E-state index < -0.39 is 10.8 Å². The van der Waals surface area contributed by atoms with Crippen molar-refractivity contribution < 1.29 is 9.72 Å². The van der Waals surface area contributed by atoms with Gasteiger partial charge in [0.1, 0.15) is 5.02 Å². The number of thioether (sulfide) groups is 1. The van der Waals surface area contributed by atoms with Gasteiger partial charge in [0.15, 0.2) is 5.16 Å². The minimum atomic E-state index is -0.619. The van der Waals surface area contributed by atoms with Crippen molar-refractivity contribution in [2.45, 2.75) is 5.16 Å². The van der Waals surface area contributed by atoms with Crippen LogP contribution in [0.3, 0.4) is 0 Å². The largest absolute Gasteiger partial charge is 0.325 e. The van der Waals surface area contributed by atoms with Crippen LogP contribution in [-0.2, 0) is 4.79 Å². The summed E-state index contributed by atoms with van der Waals surface area (Å²) in [5.74, 6) is -0.129. The molecule has 0 saturated carbocycles. The number of nitro groups is 1. The van der Waals surface area contributed by atoms with Gasteiger partial charge in [0.05, 0.1) is 27.3 Å². The summed E-state index contributed by atoms with van der Waals surface area (Å²) in [5, 5.41) is 23.1. The molecule has 5 rings (SSSR count). The third-order valence-corrected chi connectivity index (χ3v) is 6.42. The van der Waals surface area contributed by atoms with Crippen molar-refractivity contribution in [3.05, 3.63) is 98.3 Å². The first-order valence-corrected chi connectivity index (χ1v) is 11.6. The number of nitro benzene ring substituents is 1. The second-order valence-electron chi connectivity index (χ2n) is 7.37. The highest BCUT2D eigenvalue weighted by molar-refractivity contribution is 7.99. The average molecular weight is 507 g/mol. The molecular weight excluding hydrogens is 492 g/mol. The van der Waals surface area contributed by atoms with E-state index in [9.17, 15) is 19.7 Å². The zero-order valence-corrected chi connectivity index (χ0v) is 19.4. The summed E-state index contributed by atoms with van der Waals surface area (Å²) in [6.07, 6.45) is 0. The van der Waals surface area contributed by atoms with Crippen LogP contribution >= 0.6 is 23.4 Å². The molecule has 3 aromatic carbocycles. The molecule has 1 amide bonds. The predicted molar refractivity (Wildman–Crippen MR) is 134 cm³/mol. The van der Waals surface area contributed by atoms with E-state index >= 15 is 0 Å². The van der Waals surface area contributed by atoms with Gasteiger partial charge < -0.3 is 5.32 Å². The number of anilines is 1. The first kappa shape index (κ1) is 22.6. The second-order valence-corrected chi connectivity index (χ2v) is 8.72. The molecule has 0 aliphatic carbocycles. The highest BCUT2D eigenvalue weighted by Gasteiger charge is 2.19. The van der Waals surface area contributed by atoms with Crippen LogP contribution in [0.4, 0.5) is 11.4 Å². The summed E-state index contributed by atoms with van der Waals surface area (Å²) >= 11 is 6.95. The number of nitrogens with one attached hydrogen (secondary N) is 1. The van der Waals surface area contributed by atoms with E-state index in [1.165, 1.54) is 22.8 Å². The number of carbonyl (C=O) groups is 1. The molecule has 0 aliphatic rings. The monoisotopic (exact) mass is 506 g/mol. The number of para-hydroxylation sites is 2. The number of halogens is 1. The highest BCUT2D eigenvalue weighted by atomic mass is 35.5. The molecule has 0 saturated heterocycles. The third-order valence-electron chi connectivity index (χ3n) is 5.17. The number of nitrogens with zero attached hydrogens (tertiary/aromatic N) is 5. The fourth-order valence-electron chi connectivity index (χ4n) is 3.64. The molecule has 0 spiro atoms. The lowest BCUT2D eigenvalue weighted by atomic mass is 10.2. The van der Waals surface area contributed by atoms with E-state index in [0.717, 1.165) is 11.8 Å². The maximum absolute atomic E-state index is 13.3. The first-order valence-electron chi connectivity index (χ1n) is 10.2. The Hall–Kier alpha value is -4.22. The van der Waals surface area contributed by atoms with E-state index in [0.29, 0.717) is 27.5 Å². The van der Waals surface area contributed by atoms with Crippen LogP contribution in [0.5, 0.6) is 0 Å². The van der Waals surface area contributed by atoms with Crippen molar-refractivity contribution in [1.82, 2.24) is 19.2 Å². The number of hydrogen-bond acceptors (Lipinski definition) is 7. The normalized spacial score (nSPS) is 11.1. The van der Waals surface area contributed by atoms with Crippen LogP contribution in [0.15, 0.2) is 82.7 Å². The van der Waals surface area contributed by atoms with E-state index in [4.69, 9.17) is 11.6 Å². The van der Waals surface area contributed by atoms with Crippen LogP contribution in [0, 0.1) is 10.1 Å². The van der Waals surface area contributed by atoms with Crippen molar-refractivity contribution in [3.8, 4) is 5.69 Å². The molecule has 12 heteroatoms. The molecule has 5 aromatic rings. The number of hydrogen-bond donors (Lipinski definition) is 1. The van der Waals surface area contributed by atoms with Gasteiger partial charge >= 0.3 is 0 Å². The Morgan fingerprint density at radius 1 is 1.06 bits per heavy atom. The van der Waals surface area contributed by atoms with Gasteiger partial charge in [0.2, 0.25) is 11.7 Å². The van der Waals surface area contributed by atoms with E-state index in [-0.39, 0.29) is 27.7 Å². The lowest BCUT2D eigenvalue weighted by Gasteiger charge is -2.11. The van der Waals surface area contributed by atoms with Crippen molar-refractivity contribution in [2.24, 2.45) is 0 Å². The van der Waals surface area contributed by atoms with Gasteiger partial charge in [0, 0.05) is 11.8 Å². The van der Waals surface area contributed by atoms with E-state index in [1.807, 2.05) is 24.3 Å².